The Morgan fingerprint density at radius 2 is 2.30 bits per heavy atom. The van der Waals surface area contributed by atoms with Crippen LogP contribution in [-0.2, 0) is 22.9 Å². The molecule has 2 N–H and O–H groups in total. The zero-order valence-electron chi connectivity index (χ0n) is 12.5. The average Bonchev–Trinajstić information content (AvgIpc) is 3.20. The maximum absolute atomic E-state index is 12.6. The molecule has 0 spiro atoms. The molecule has 7 nitrogen and oxygen atoms in total. The Hall–Kier alpha value is -1.71. The van der Waals surface area contributed by atoms with Crippen LogP contribution in [0.25, 0.3) is 0 Å². The number of thiophene rings is 1. The van der Waals surface area contributed by atoms with E-state index in [-0.39, 0.29) is 23.4 Å². The third-order valence-electron chi connectivity index (χ3n) is 4.43. The van der Waals surface area contributed by atoms with Gasteiger partial charge in [0.2, 0.25) is 10.0 Å². The lowest BCUT2D eigenvalue weighted by atomic mass is 10.1. The first kappa shape index (κ1) is 14.9. The molecule has 3 heterocycles. The van der Waals surface area contributed by atoms with Crippen LogP contribution in [0, 0.1) is 0 Å². The van der Waals surface area contributed by atoms with Gasteiger partial charge >= 0.3 is 0 Å². The summed E-state index contributed by atoms with van der Waals surface area (Å²) in [4.78, 5) is 13.5. The van der Waals surface area contributed by atoms with E-state index in [0.717, 1.165) is 30.5 Å². The summed E-state index contributed by atoms with van der Waals surface area (Å²) < 4.78 is 25.8. The van der Waals surface area contributed by atoms with Crippen LogP contribution in [0.1, 0.15) is 39.1 Å². The Morgan fingerprint density at radius 3 is 3.13 bits per heavy atom. The molecule has 2 aromatic heterocycles. The highest BCUT2D eigenvalue weighted by molar-refractivity contribution is 7.89. The van der Waals surface area contributed by atoms with E-state index in [9.17, 15) is 13.2 Å². The zero-order chi connectivity index (χ0) is 16.2. The molecule has 0 unspecified atom stereocenters. The van der Waals surface area contributed by atoms with Crippen molar-refractivity contribution >= 4 is 27.3 Å². The number of hydrogen-bond donors (Lipinski definition) is 2. The monoisotopic (exact) mass is 352 g/mol. The summed E-state index contributed by atoms with van der Waals surface area (Å²) in [5, 5.41) is 11.7. The van der Waals surface area contributed by atoms with Crippen molar-refractivity contribution in [2.75, 3.05) is 13.6 Å². The standard InChI is InChI=1S/C14H16N4O3S2/c1-18-7-10(13-11(5-6-22-13)23(18,20)21)15-14(19)12-8-3-2-4-9(8)16-17-12/h5-6,10H,2-4,7H2,1H3,(H,15,19)(H,16,17)/t10-/m1/s1. The number of hydrogen-bond acceptors (Lipinski definition) is 5. The van der Waals surface area contributed by atoms with Gasteiger partial charge in [0.1, 0.15) is 0 Å². The van der Waals surface area contributed by atoms with Crippen molar-refractivity contribution in [2.24, 2.45) is 0 Å². The Labute approximate surface area is 137 Å². The van der Waals surface area contributed by atoms with Crippen LogP contribution in [0.4, 0.5) is 0 Å². The number of nitrogens with one attached hydrogen (secondary N) is 2. The van der Waals surface area contributed by atoms with Crippen LogP contribution >= 0.6 is 11.3 Å². The van der Waals surface area contributed by atoms with E-state index in [1.807, 2.05) is 0 Å². The normalized spacial score (nSPS) is 22.6. The number of fused-ring (bicyclic) bond motifs is 2. The van der Waals surface area contributed by atoms with Crippen molar-refractivity contribution < 1.29 is 13.2 Å². The van der Waals surface area contributed by atoms with Gasteiger partial charge in [-0.25, -0.2) is 8.42 Å². The number of carbonyl (C=O) groups is 1. The highest BCUT2D eigenvalue weighted by Crippen LogP contribution is 2.35. The summed E-state index contributed by atoms with van der Waals surface area (Å²) in [5.41, 5.74) is 2.47. The van der Waals surface area contributed by atoms with Gasteiger partial charge < -0.3 is 5.32 Å². The predicted octanol–water partition coefficient (Wildman–Crippen LogP) is 1.07. The predicted molar refractivity (Wildman–Crippen MR) is 85.0 cm³/mol. The molecule has 1 aliphatic heterocycles. The van der Waals surface area contributed by atoms with Crippen molar-refractivity contribution in [3.05, 3.63) is 33.3 Å². The summed E-state index contributed by atoms with van der Waals surface area (Å²) >= 11 is 1.35. The third-order valence-corrected chi connectivity index (χ3v) is 7.47. The van der Waals surface area contributed by atoms with Gasteiger partial charge in [0.05, 0.1) is 10.9 Å². The first-order valence-corrected chi connectivity index (χ1v) is 9.71. The number of nitrogens with zero attached hydrogens (tertiary/aromatic N) is 2. The molecule has 0 radical (unpaired) electrons. The van der Waals surface area contributed by atoms with E-state index >= 15 is 0 Å². The number of likely N-dealkylation sites (N-methyl/N-ethyl adjacent to an activating group) is 1. The first-order valence-electron chi connectivity index (χ1n) is 7.39. The lowest BCUT2D eigenvalue weighted by Crippen LogP contribution is -2.43. The molecule has 0 bridgehead atoms. The minimum Gasteiger partial charge on any atom is -0.342 e. The topological polar surface area (TPSA) is 95.2 Å². The fourth-order valence-electron chi connectivity index (χ4n) is 3.23. The summed E-state index contributed by atoms with van der Waals surface area (Å²) in [6, 6.07) is 1.25. The Morgan fingerprint density at radius 1 is 1.48 bits per heavy atom. The zero-order valence-corrected chi connectivity index (χ0v) is 14.1. The Kier molecular flexibility index (Phi) is 3.33. The highest BCUT2D eigenvalue weighted by Gasteiger charge is 2.37. The number of aryl methyl sites for hydroxylation is 1. The Bertz CT molecular complexity index is 884. The number of rotatable bonds is 2. The van der Waals surface area contributed by atoms with E-state index in [1.54, 1.807) is 11.4 Å². The minimum atomic E-state index is -3.44. The number of amides is 1. The van der Waals surface area contributed by atoms with Gasteiger partial charge in [0.15, 0.2) is 5.69 Å². The maximum Gasteiger partial charge on any atom is 0.272 e. The molecule has 2 aliphatic rings. The van der Waals surface area contributed by atoms with Crippen molar-refractivity contribution in [3.8, 4) is 0 Å². The fourth-order valence-corrected chi connectivity index (χ4v) is 5.92. The molecule has 23 heavy (non-hydrogen) atoms. The van der Waals surface area contributed by atoms with E-state index in [0.29, 0.717) is 10.6 Å². The van der Waals surface area contributed by atoms with E-state index in [1.165, 1.54) is 22.7 Å². The van der Waals surface area contributed by atoms with Gasteiger partial charge in [0, 0.05) is 29.7 Å². The number of sulfonamides is 1. The fraction of sp³-hybridized carbons (Fsp3) is 0.429. The molecular weight excluding hydrogens is 336 g/mol. The van der Waals surface area contributed by atoms with Crippen LogP contribution in [-0.4, -0.2) is 42.4 Å². The lowest BCUT2D eigenvalue weighted by molar-refractivity contribution is 0.0925. The van der Waals surface area contributed by atoms with Crippen LogP contribution in [0.5, 0.6) is 0 Å². The number of H-pyrrole nitrogens is 1. The molecule has 9 heteroatoms. The highest BCUT2D eigenvalue weighted by atomic mass is 32.2. The molecule has 0 aromatic carbocycles. The second-order valence-corrected chi connectivity index (χ2v) is 8.80. The largest absolute Gasteiger partial charge is 0.342 e. The molecular formula is C14H16N4O3S2. The molecule has 0 saturated heterocycles. The van der Waals surface area contributed by atoms with Gasteiger partial charge in [-0.15, -0.1) is 11.3 Å². The SMILES string of the molecule is CN1C[C@@H](NC(=O)c2n[nH]c3c2CCC3)c2sccc2S1(=O)=O. The van der Waals surface area contributed by atoms with E-state index in [4.69, 9.17) is 0 Å². The minimum absolute atomic E-state index is 0.230. The van der Waals surface area contributed by atoms with Crippen molar-refractivity contribution in [2.45, 2.75) is 30.2 Å². The molecule has 1 amide bonds. The van der Waals surface area contributed by atoms with Crippen LogP contribution in [0.3, 0.4) is 0 Å². The van der Waals surface area contributed by atoms with Gasteiger partial charge in [0.25, 0.3) is 5.91 Å². The second kappa shape index (κ2) is 5.15. The van der Waals surface area contributed by atoms with Crippen LogP contribution in [0.2, 0.25) is 0 Å². The smallest absolute Gasteiger partial charge is 0.272 e. The molecule has 4 rings (SSSR count). The summed E-state index contributed by atoms with van der Waals surface area (Å²) in [5.74, 6) is -0.249. The first-order chi connectivity index (χ1) is 11.0. The Balaban J connectivity index is 1.63. The van der Waals surface area contributed by atoms with E-state index in [2.05, 4.69) is 15.5 Å². The summed E-state index contributed by atoms with van der Waals surface area (Å²) in [6.45, 7) is 0.230. The van der Waals surface area contributed by atoms with Gasteiger partial charge in [-0.1, -0.05) is 0 Å². The van der Waals surface area contributed by atoms with Crippen molar-refractivity contribution in [1.29, 1.82) is 0 Å². The number of aromatic nitrogens is 2. The lowest BCUT2D eigenvalue weighted by Gasteiger charge is -2.29. The van der Waals surface area contributed by atoms with Crippen LogP contribution < -0.4 is 5.32 Å². The van der Waals surface area contributed by atoms with E-state index < -0.39 is 10.0 Å². The average molecular weight is 352 g/mol. The summed E-state index contributed by atoms with van der Waals surface area (Å²) in [6.07, 6.45) is 2.82. The molecule has 1 aliphatic carbocycles. The molecule has 2 aromatic rings. The van der Waals surface area contributed by atoms with Gasteiger partial charge in [-0.3, -0.25) is 9.89 Å². The van der Waals surface area contributed by atoms with Crippen molar-refractivity contribution in [1.82, 2.24) is 19.8 Å². The molecule has 0 fully saturated rings. The number of carbonyl (C=O) groups excluding carboxylic acids is 1. The van der Waals surface area contributed by atoms with Gasteiger partial charge in [-0.05, 0) is 30.7 Å². The molecule has 1 atom stereocenters. The van der Waals surface area contributed by atoms with Crippen LogP contribution in [0.15, 0.2) is 16.3 Å². The van der Waals surface area contributed by atoms with Crippen molar-refractivity contribution in [3.63, 3.8) is 0 Å². The third kappa shape index (κ3) is 2.22. The van der Waals surface area contributed by atoms with Gasteiger partial charge in [-0.2, -0.15) is 9.40 Å². The molecule has 122 valence electrons. The summed E-state index contributed by atoms with van der Waals surface area (Å²) in [7, 11) is -1.91. The maximum atomic E-state index is 12.6. The molecule has 0 saturated carbocycles. The quantitative estimate of drug-likeness (QED) is 0.845. The second-order valence-electron chi connectivity index (χ2n) is 5.84. The number of aromatic amines is 1.